The first-order valence-electron chi connectivity index (χ1n) is 8.84. The van der Waals surface area contributed by atoms with Crippen molar-refractivity contribution in [3.05, 3.63) is 64.8 Å². The second-order valence-corrected chi connectivity index (χ2v) is 6.88. The summed E-state index contributed by atoms with van der Waals surface area (Å²) in [7, 11) is 1.28. The molecule has 1 aromatic heterocycles. The van der Waals surface area contributed by atoms with E-state index in [1.54, 1.807) is 30.5 Å². The van der Waals surface area contributed by atoms with E-state index in [9.17, 15) is 9.59 Å². The third kappa shape index (κ3) is 5.77. The van der Waals surface area contributed by atoms with Crippen molar-refractivity contribution in [2.24, 2.45) is 5.10 Å². The normalized spacial score (nSPS) is 10.7. The summed E-state index contributed by atoms with van der Waals surface area (Å²) in [5, 5.41) is 4.85. The van der Waals surface area contributed by atoms with Crippen molar-refractivity contribution in [1.29, 1.82) is 0 Å². The van der Waals surface area contributed by atoms with Crippen LogP contribution in [0.5, 0.6) is 11.5 Å². The monoisotopic (exact) mass is 471 g/mol. The lowest BCUT2D eigenvalue weighted by Crippen LogP contribution is -2.24. The first-order valence-corrected chi connectivity index (χ1v) is 9.63. The summed E-state index contributed by atoms with van der Waals surface area (Å²) in [6, 6.07) is 14.4. The maximum absolute atomic E-state index is 12.1. The van der Waals surface area contributed by atoms with E-state index in [0.717, 1.165) is 9.86 Å². The highest BCUT2D eigenvalue weighted by Crippen LogP contribution is 2.23. The molecule has 0 atom stereocenters. The summed E-state index contributed by atoms with van der Waals surface area (Å²) >= 11 is 3.36. The number of hydrogen-bond donors (Lipinski definition) is 1. The van der Waals surface area contributed by atoms with Gasteiger partial charge < -0.3 is 14.2 Å². The van der Waals surface area contributed by atoms with Crippen LogP contribution >= 0.6 is 15.9 Å². The lowest BCUT2D eigenvalue weighted by atomic mass is 10.2. The Kier molecular flexibility index (Phi) is 7.34. The van der Waals surface area contributed by atoms with Gasteiger partial charge in [0, 0.05) is 21.6 Å². The number of hydrazone groups is 1. The van der Waals surface area contributed by atoms with Crippen LogP contribution in [0.2, 0.25) is 0 Å². The van der Waals surface area contributed by atoms with Gasteiger partial charge in [-0.25, -0.2) is 10.2 Å². The van der Waals surface area contributed by atoms with E-state index in [1.807, 2.05) is 24.3 Å². The molecule has 2 aromatic carbocycles. The number of nitrogens with zero attached hydrogens (tertiary/aromatic N) is 2. The Morgan fingerprint density at radius 2 is 1.90 bits per heavy atom. The molecule has 9 heteroatoms. The summed E-state index contributed by atoms with van der Waals surface area (Å²) in [6.07, 6.45) is 3.08. The molecule has 0 saturated carbocycles. The molecule has 0 fully saturated rings. The molecule has 0 saturated heterocycles. The van der Waals surface area contributed by atoms with Gasteiger partial charge in [-0.05, 0) is 30.3 Å². The van der Waals surface area contributed by atoms with Gasteiger partial charge >= 0.3 is 5.97 Å². The van der Waals surface area contributed by atoms with Crippen molar-refractivity contribution in [3.63, 3.8) is 0 Å². The summed E-state index contributed by atoms with van der Waals surface area (Å²) < 4.78 is 16.3. The maximum Gasteiger partial charge on any atom is 0.343 e. The van der Waals surface area contributed by atoms with Crippen LogP contribution in [0.15, 0.2) is 64.3 Å². The minimum Gasteiger partial charge on any atom is -0.481 e. The zero-order valence-corrected chi connectivity index (χ0v) is 17.6. The number of fused-ring (bicyclic) bond motifs is 1. The second kappa shape index (κ2) is 10.4. The van der Waals surface area contributed by atoms with Crippen molar-refractivity contribution in [2.75, 3.05) is 20.3 Å². The highest BCUT2D eigenvalue weighted by molar-refractivity contribution is 9.10. The third-order valence-corrected chi connectivity index (χ3v) is 4.39. The minimum atomic E-state index is -0.505. The van der Waals surface area contributed by atoms with Gasteiger partial charge in [0.1, 0.15) is 17.0 Å². The Morgan fingerprint density at radius 3 is 2.73 bits per heavy atom. The van der Waals surface area contributed by atoms with Crippen molar-refractivity contribution in [2.45, 2.75) is 0 Å². The van der Waals surface area contributed by atoms with Crippen LogP contribution in [0.3, 0.4) is 0 Å². The van der Waals surface area contributed by atoms with Crippen LogP contribution in [0.1, 0.15) is 5.56 Å². The van der Waals surface area contributed by atoms with Gasteiger partial charge in [-0.15, -0.1) is 0 Å². The van der Waals surface area contributed by atoms with E-state index in [1.165, 1.54) is 13.3 Å². The van der Waals surface area contributed by atoms with E-state index >= 15 is 0 Å². The summed E-state index contributed by atoms with van der Waals surface area (Å²) in [4.78, 5) is 27.6. The van der Waals surface area contributed by atoms with Gasteiger partial charge in [0.15, 0.2) is 13.2 Å². The topological polar surface area (TPSA) is 99.1 Å². The van der Waals surface area contributed by atoms with E-state index < -0.39 is 11.9 Å². The number of para-hydroxylation sites is 1. The molecular formula is C21H18BrN3O5. The molecule has 30 heavy (non-hydrogen) atoms. The van der Waals surface area contributed by atoms with Gasteiger partial charge in [0.25, 0.3) is 5.91 Å². The fourth-order valence-electron chi connectivity index (χ4n) is 2.49. The summed E-state index contributed by atoms with van der Waals surface area (Å²) in [5.74, 6) is -0.0159. The number of nitrogens with one attached hydrogen (secondary N) is 1. The summed E-state index contributed by atoms with van der Waals surface area (Å²) in [5.41, 5.74) is 3.64. The predicted octanol–water partition coefficient (Wildman–Crippen LogP) is 3.08. The molecule has 0 aliphatic heterocycles. The van der Waals surface area contributed by atoms with Crippen molar-refractivity contribution in [3.8, 4) is 11.5 Å². The molecule has 3 aromatic rings. The number of ether oxygens (including phenoxy) is 3. The minimum absolute atomic E-state index is 0.225. The number of methoxy groups -OCH3 is 1. The number of pyridine rings is 1. The Morgan fingerprint density at radius 1 is 1.10 bits per heavy atom. The molecule has 8 nitrogen and oxygen atoms in total. The number of aromatic nitrogens is 1. The Hall–Kier alpha value is -3.46. The molecule has 0 spiro atoms. The molecule has 0 bridgehead atoms. The first kappa shape index (κ1) is 21.3. The van der Waals surface area contributed by atoms with Gasteiger partial charge in [0.2, 0.25) is 0 Å². The molecule has 1 amide bonds. The number of carbonyl (C=O) groups excluding carboxylic acids is 2. The zero-order valence-electron chi connectivity index (χ0n) is 16.0. The largest absolute Gasteiger partial charge is 0.481 e. The van der Waals surface area contributed by atoms with Crippen molar-refractivity contribution >= 4 is 44.9 Å². The highest BCUT2D eigenvalue weighted by atomic mass is 79.9. The first-order chi connectivity index (χ1) is 14.6. The van der Waals surface area contributed by atoms with Crippen LogP contribution in [-0.2, 0) is 14.3 Å². The Labute approximate surface area is 181 Å². The van der Waals surface area contributed by atoms with Gasteiger partial charge in [-0.2, -0.15) is 5.10 Å². The molecule has 154 valence electrons. The smallest absolute Gasteiger partial charge is 0.343 e. The number of hydrogen-bond acceptors (Lipinski definition) is 7. The number of carbonyl (C=O) groups is 2. The molecule has 0 unspecified atom stereocenters. The van der Waals surface area contributed by atoms with E-state index in [-0.39, 0.29) is 13.2 Å². The fraction of sp³-hybridized carbons (Fsp3) is 0.143. The average molecular weight is 472 g/mol. The van der Waals surface area contributed by atoms with Gasteiger partial charge in [-0.1, -0.05) is 34.1 Å². The molecule has 0 radical (unpaired) electrons. The molecule has 3 rings (SSSR count). The highest BCUT2D eigenvalue weighted by Gasteiger charge is 2.08. The summed E-state index contributed by atoms with van der Waals surface area (Å²) in [6.45, 7) is -0.463. The average Bonchev–Trinajstić information content (AvgIpc) is 2.76. The maximum atomic E-state index is 12.1. The SMILES string of the molecule is COC(=O)COc1ccc(Br)cc1C=NNC(=O)COc1cccc2cccnc12. The number of benzene rings is 2. The lowest BCUT2D eigenvalue weighted by molar-refractivity contribution is -0.142. The quantitative estimate of drug-likeness (QED) is 0.308. The van der Waals surface area contributed by atoms with E-state index in [2.05, 4.69) is 36.2 Å². The van der Waals surface area contributed by atoms with E-state index in [0.29, 0.717) is 22.6 Å². The van der Waals surface area contributed by atoms with Crippen LogP contribution in [0, 0.1) is 0 Å². The molecular weight excluding hydrogens is 454 g/mol. The number of esters is 1. The molecule has 1 N–H and O–H groups in total. The lowest BCUT2D eigenvalue weighted by Gasteiger charge is -2.09. The fourth-order valence-corrected chi connectivity index (χ4v) is 2.87. The van der Waals surface area contributed by atoms with Crippen LogP contribution < -0.4 is 14.9 Å². The third-order valence-electron chi connectivity index (χ3n) is 3.89. The second-order valence-electron chi connectivity index (χ2n) is 5.96. The number of halogens is 1. The van der Waals surface area contributed by atoms with Crippen LogP contribution in [0.25, 0.3) is 10.9 Å². The zero-order chi connectivity index (χ0) is 21.3. The van der Waals surface area contributed by atoms with E-state index in [4.69, 9.17) is 9.47 Å². The molecule has 1 heterocycles. The number of rotatable bonds is 8. The Balaban J connectivity index is 1.59. The Bertz CT molecular complexity index is 1080. The predicted molar refractivity (Wildman–Crippen MR) is 115 cm³/mol. The van der Waals surface area contributed by atoms with Crippen molar-refractivity contribution < 1.29 is 23.8 Å². The van der Waals surface area contributed by atoms with Gasteiger partial charge in [0.05, 0.1) is 13.3 Å². The standard InChI is InChI=1S/C21H18BrN3O5/c1-28-20(27)13-30-17-8-7-16(22)10-15(17)11-24-25-19(26)12-29-18-6-2-4-14-5-3-9-23-21(14)18/h2-11H,12-13H2,1H3,(H,25,26). The van der Waals surface area contributed by atoms with Gasteiger partial charge in [-0.3, -0.25) is 9.78 Å². The number of amides is 1. The molecule has 0 aliphatic carbocycles. The van der Waals surface area contributed by atoms with Crippen molar-refractivity contribution in [1.82, 2.24) is 10.4 Å². The van der Waals surface area contributed by atoms with Crippen LogP contribution in [0.4, 0.5) is 0 Å². The van der Waals surface area contributed by atoms with Crippen LogP contribution in [-0.4, -0.2) is 43.4 Å². The molecule has 0 aliphatic rings.